The third-order valence-electron chi connectivity index (χ3n) is 2.57. The third kappa shape index (κ3) is 2.44. The van der Waals surface area contributed by atoms with Crippen molar-refractivity contribution in [1.29, 1.82) is 0 Å². The molecule has 0 aromatic rings. The number of likely N-dealkylation sites (tertiary alicyclic amines) is 1. The van der Waals surface area contributed by atoms with Crippen LogP contribution >= 0.6 is 0 Å². The second-order valence-electron chi connectivity index (χ2n) is 4.60. The molecule has 1 saturated heterocycles. The fourth-order valence-corrected chi connectivity index (χ4v) is 1.71. The van der Waals surface area contributed by atoms with Crippen LogP contribution in [0.2, 0.25) is 0 Å². The molecular formula is C9H20N2O. The summed E-state index contributed by atoms with van der Waals surface area (Å²) in [5, 5.41) is 0. The maximum absolute atomic E-state index is 5.04. The van der Waals surface area contributed by atoms with Gasteiger partial charge in [0.15, 0.2) is 0 Å². The van der Waals surface area contributed by atoms with Gasteiger partial charge in [-0.05, 0) is 39.7 Å². The van der Waals surface area contributed by atoms with Gasteiger partial charge in [0.2, 0.25) is 0 Å². The summed E-state index contributed by atoms with van der Waals surface area (Å²) >= 11 is 0. The topological polar surface area (TPSA) is 38.5 Å². The fourth-order valence-electron chi connectivity index (χ4n) is 1.71. The van der Waals surface area contributed by atoms with E-state index in [2.05, 4.69) is 30.5 Å². The lowest BCUT2D eigenvalue weighted by molar-refractivity contribution is 0.0944. The molecule has 0 saturated carbocycles. The van der Waals surface area contributed by atoms with Crippen LogP contribution in [0.1, 0.15) is 27.2 Å². The van der Waals surface area contributed by atoms with Crippen LogP contribution < -0.4 is 5.90 Å². The van der Waals surface area contributed by atoms with Crippen LogP contribution in [0, 0.1) is 5.92 Å². The van der Waals surface area contributed by atoms with E-state index in [4.69, 9.17) is 5.90 Å². The maximum Gasteiger partial charge on any atom is 0.0720 e. The predicted octanol–water partition coefficient (Wildman–Crippen LogP) is 0.997. The highest BCUT2D eigenvalue weighted by Gasteiger charge is 2.29. The van der Waals surface area contributed by atoms with Crippen molar-refractivity contribution in [2.45, 2.75) is 32.7 Å². The van der Waals surface area contributed by atoms with Gasteiger partial charge in [-0.1, -0.05) is 0 Å². The van der Waals surface area contributed by atoms with Crippen LogP contribution in [0.15, 0.2) is 0 Å². The van der Waals surface area contributed by atoms with Crippen molar-refractivity contribution in [3.05, 3.63) is 0 Å². The molecule has 2 N–H and O–H groups in total. The number of nitrogens with zero attached hydrogens (tertiary/aromatic N) is 1. The van der Waals surface area contributed by atoms with Crippen LogP contribution in [-0.2, 0) is 4.84 Å². The molecule has 0 aromatic heterocycles. The van der Waals surface area contributed by atoms with Gasteiger partial charge < -0.3 is 4.84 Å². The average Bonchev–Trinajstić information content (AvgIpc) is 2.35. The number of hydrogen-bond donors (Lipinski definition) is 1. The van der Waals surface area contributed by atoms with Gasteiger partial charge in [-0.25, -0.2) is 5.90 Å². The van der Waals surface area contributed by atoms with E-state index in [1.807, 2.05) is 0 Å². The van der Waals surface area contributed by atoms with Crippen LogP contribution in [0.5, 0.6) is 0 Å². The molecule has 3 heteroatoms. The molecule has 1 unspecified atom stereocenters. The Kier molecular flexibility index (Phi) is 3.09. The summed E-state index contributed by atoms with van der Waals surface area (Å²) in [4.78, 5) is 7.14. The Morgan fingerprint density at radius 1 is 1.50 bits per heavy atom. The molecule has 0 bridgehead atoms. The minimum absolute atomic E-state index is 0.295. The van der Waals surface area contributed by atoms with E-state index < -0.39 is 0 Å². The van der Waals surface area contributed by atoms with Crippen molar-refractivity contribution in [3.63, 3.8) is 0 Å². The molecule has 1 aliphatic rings. The molecule has 0 amide bonds. The lowest BCUT2D eigenvalue weighted by Gasteiger charge is -2.31. The standard InChI is InChI=1S/C9H20N2O/c1-9(2,3)11-5-4-8(6-11)7-12-10/h8H,4-7,10H2,1-3H3. The molecule has 3 nitrogen and oxygen atoms in total. The molecule has 0 spiro atoms. The second-order valence-corrected chi connectivity index (χ2v) is 4.60. The Bertz CT molecular complexity index is 142. The summed E-state index contributed by atoms with van der Waals surface area (Å²) in [5.74, 6) is 5.68. The van der Waals surface area contributed by atoms with E-state index in [0.29, 0.717) is 18.1 Å². The zero-order chi connectivity index (χ0) is 9.19. The Morgan fingerprint density at radius 2 is 2.17 bits per heavy atom. The summed E-state index contributed by atoms with van der Waals surface area (Å²) in [5.41, 5.74) is 0.295. The maximum atomic E-state index is 5.04. The van der Waals surface area contributed by atoms with Crippen molar-refractivity contribution in [2.24, 2.45) is 11.8 Å². The first-order valence-electron chi connectivity index (χ1n) is 4.61. The van der Waals surface area contributed by atoms with Gasteiger partial charge in [-0.15, -0.1) is 0 Å². The average molecular weight is 172 g/mol. The molecule has 1 rings (SSSR count). The van der Waals surface area contributed by atoms with Crippen molar-refractivity contribution < 1.29 is 4.84 Å². The molecule has 0 radical (unpaired) electrons. The lowest BCUT2D eigenvalue weighted by atomic mass is 10.1. The van der Waals surface area contributed by atoms with E-state index in [1.165, 1.54) is 13.0 Å². The number of rotatable bonds is 2. The summed E-state index contributed by atoms with van der Waals surface area (Å²) in [6, 6.07) is 0. The van der Waals surface area contributed by atoms with Crippen molar-refractivity contribution >= 4 is 0 Å². The molecule has 1 atom stereocenters. The van der Waals surface area contributed by atoms with E-state index in [-0.39, 0.29) is 0 Å². The Balaban J connectivity index is 2.35. The molecule has 0 aliphatic carbocycles. The first kappa shape index (κ1) is 9.96. The minimum Gasteiger partial charge on any atom is -0.304 e. The summed E-state index contributed by atoms with van der Waals surface area (Å²) in [7, 11) is 0. The van der Waals surface area contributed by atoms with Crippen LogP contribution in [-0.4, -0.2) is 30.1 Å². The SMILES string of the molecule is CC(C)(C)N1CCC(CON)C1. The van der Waals surface area contributed by atoms with Gasteiger partial charge in [0, 0.05) is 12.1 Å². The normalized spacial score (nSPS) is 26.5. The lowest BCUT2D eigenvalue weighted by Crippen LogP contribution is -2.39. The van der Waals surface area contributed by atoms with E-state index in [1.54, 1.807) is 0 Å². The quantitative estimate of drug-likeness (QED) is 0.631. The van der Waals surface area contributed by atoms with E-state index in [0.717, 1.165) is 6.54 Å². The molecule has 1 heterocycles. The zero-order valence-electron chi connectivity index (χ0n) is 8.34. The van der Waals surface area contributed by atoms with Crippen LogP contribution in [0.25, 0.3) is 0 Å². The molecule has 0 aromatic carbocycles. The molecule has 1 aliphatic heterocycles. The van der Waals surface area contributed by atoms with E-state index >= 15 is 0 Å². The highest BCUT2D eigenvalue weighted by Crippen LogP contribution is 2.23. The highest BCUT2D eigenvalue weighted by molar-refractivity contribution is 4.84. The van der Waals surface area contributed by atoms with Crippen LogP contribution in [0.3, 0.4) is 0 Å². The summed E-state index contributed by atoms with van der Waals surface area (Å²) in [6.07, 6.45) is 1.22. The number of nitrogens with two attached hydrogens (primary N) is 1. The van der Waals surface area contributed by atoms with Crippen LogP contribution in [0.4, 0.5) is 0 Å². The summed E-state index contributed by atoms with van der Waals surface area (Å²) in [6.45, 7) is 9.75. The van der Waals surface area contributed by atoms with Gasteiger partial charge in [-0.3, -0.25) is 4.90 Å². The van der Waals surface area contributed by atoms with Gasteiger partial charge in [0.25, 0.3) is 0 Å². The van der Waals surface area contributed by atoms with Gasteiger partial charge in [-0.2, -0.15) is 0 Å². The second kappa shape index (κ2) is 3.73. The van der Waals surface area contributed by atoms with Gasteiger partial charge in [0.05, 0.1) is 6.61 Å². The first-order valence-corrected chi connectivity index (χ1v) is 4.61. The largest absolute Gasteiger partial charge is 0.304 e. The monoisotopic (exact) mass is 172 g/mol. The predicted molar refractivity (Wildman–Crippen MR) is 49.6 cm³/mol. The first-order chi connectivity index (χ1) is 5.54. The number of hydrogen-bond acceptors (Lipinski definition) is 3. The fraction of sp³-hybridized carbons (Fsp3) is 1.00. The molecule has 1 fully saturated rings. The Labute approximate surface area is 74.8 Å². The Morgan fingerprint density at radius 3 is 2.58 bits per heavy atom. The Hall–Kier alpha value is -0.120. The minimum atomic E-state index is 0.295. The zero-order valence-corrected chi connectivity index (χ0v) is 8.34. The molecular weight excluding hydrogens is 152 g/mol. The third-order valence-corrected chi connectivity index (χ3v) is 2.57. The van der Waals surface area contributed by atoms with Crippen molar-refractivity contribution in [3.8, 4) is 0 Å². The van der Waals surface area contributed by atoms with Gasteiger partial charge >= 0.3 is 0 Å². The smallest absolute Gasteiger partial charge is 0.0720 e. The molecule has 72 valence electrons. The van der Waals surface area contributed by atoms with E-state index in [9.17, 15) is 0 Å². The van der Waals surface area contributed by atoms with Gasteiger partial charge in [0.1, 0.15) is 0 Å². The summed E-state index contributed by atoms with van der Waals surface area (Å²) < 4.78 is 0. The van der Waals surface area contributed by atoms with Crippen molar-refractivity contribution in [2.75, 3.05) is 19.7 Å². The highest BCUT2D eigenvalue weighted by atomic mass is 16.6. The molecule has 12 heavy (non-hydrogen) atoms. The van der Waals surface area contributed by atoms with Crippen molar-refractivity contribution in [1.82, 2.24) is 4.90 Å².